The quantitative estimate of drug-likeness (QED) is 0.790. The molecule has 0 N–H and O–H groups in total. The molecule has 0 aliphatic carbocycles. The molecular weight excluding hydrogens is 332 g/mol. The lowest BCUT2D eigenvalue weighted by Crippen LogP contribution is -2.40. The lowest BCUT2D eigenvalue weighted by molar-refractivity contribution is -0.118. The molecule has 2 aromatic rings. The van der Waals surface area contributed by atoms with Crippen molar-refractivity contribution in [3.63, 3.8) is 0 Å². The highest BCUT2D eigenvalue weighted by Gasteiger charge is 2.34. The van der Waals surface area contributed by atoms with Gasteiger partial charge in [-0.25, -0.2) is 0 Å². The summed E-state index contributed by atoms with van der Waals surface area (Å²) in [7, 11) is 0. The first-order chi connectivity index (χ1) is 12.1. The van der Waals surface area contributed by atoms with Crippen LogP contribution in [0, 0.1) is 0 Å². The van der Waals surface area contributed by atoms with E-state index < -0.39 is 0 Å². The maximum absolute atomic E-state index is 13.1. The number of aryl methyl sites for hydroxylation is 1. The van der Waals surface area contributed by atoms with Crippen LogP contribution in [-0.2, 0) is 24.2 Å². The van der Waals surface area contributed by atoms with Crippen molar-refractivity contribution in [1.29, 1.82) is 0 Å². The van der Waals surface area contributed by atoms with E-state index >= 15 is 0 Å². The van der Waals surface area contributed by atoms with Gasteiger partial charge in [0, 0.05) is 24.7 Å². The zero-order valence-corrected chi connectivity index (χ0v) is 15.6. The van der Waals surface area contributed by atoms with Crippen LogP contribution in [0.5, 0.6) is 0 Å². The molecule has 2 atom stereocenters. The second-order valence-electron chi connectivity index (χ2n) is 7.01. The molecule has 2 aliphatic rings. The Morgan fingerprint density at radius 3 is 2.96 bits per heavy atom. The lowest BCUT2D eigenvalue weighted by Gasteiger charge is -2.25. The van der Waals surface area contributed by atoms with E-state index in [4.69, 9.17) is 0 Å². The average molecular weight is 356 g/mol. The van der Waals surface area contributed by atoms with Crippen LogP contribution in [0.3, 0.4) is 0 Å². The zero-order valence-electron chi connectivity index (χ0n) is 14.8. The number of aromatic nitrogens is 3. The van der Waals surface area contributed by atoms with Crippen molar-refractivity contribution in [2.75, 3.05) is 4.90 Å². The van der Waals surface area contributed by atoms with Crippen LogP contribution in [-0.4, -0.2) is 32.0 Å². The van der Waals surface area contributed by atoms with E-state index in [-0.39, 0.29) is 17.2 Å². The van der Waals surface area contributed by atoms with Gasteiger partial charge in [-0.3, -0.25) is 4.79 Å². The molecule has 5 nitrogen and oxygen atoms in total. The van der Waals surface area contributed by atoms with Gasteiger partial charge in [-0.05, 0) is 44.7 Å². The number of carbonyl (C=O) groups is 1. The second-order valence-corrected chi connectivity index (χ2v) is 8.32. The first-order valence-corrected chi connectivity index (χ1v) is 10.0. The molecule has 6 heteroatoms. The molecule has 132 valence electrons. The summed E-state index contributed by atoms with van der Waals surface area (Å²) in [4.78, 5) is 15.1. The Kier molecular flexibility index (Phi) is 4.54. The van der Waals surface area contributed by atoms with E-state index in [1.807, 2.05) is 24.0 Å². The number of rotatable bonds is 3. The summed E-state index contributed by atoms with van der Waals surface area (Å²) < 4.78 is 2.21. The third-order valence-corrected chi connectivity index (χ3v) is 6.22. The van der Waals surface area contributed by atoms with Crippen molar-refractivity contribution < 1.29 is 4.79 Å². The number of thioether (sulfide) groups is 1. The van der Waals surface area contributed by atoms with Crippen LogP contribution in [0.2, 0.25) is 0 Å². The lowest BCUT2D eigenvalue weighted by atomic mass is 10.1. The first kappa shape index (κ1) is 16.6. The molecule has 1 amide bonds. The van der Waals surface area contributed by atoms with E-state index in [1.54, 1.807) is 11.8 Å². The van der Waals surface area contributed by atoms with E-state index in [9.17, 15) is 4.79 Å². The Bertz CT molecular complexity index is 787. The number of para-hydroxylation sites is 1. The number of benzene rings is 1. The third kappa shape index (κ3) is 3.08. The number of nitrogens with zero attached hydrogens (tertiary/aromatic N) is 4. The van der Waals surface area contributed by atoms with E-state index in [0.717, 1.165) is 42.5 Å². The molecule has 0 saturated carbocycles. The molecule has 25 heavy (non-hydrogen) atoms. The standard InChI is InChI=1S/C19H24N4OS/c1-13-12-15-8-5-6-9-16(15)23(13)18(24)14(2)25-19-21-20-17-10-4-3-7-11-22(17)19/h5-6,8-9,13-14H,3-4,7,10-12H2,1-2H3. The first-order valence-electron chi connectivity index (χ1n) is 9.15. The molecule has 0 saturated heterocycles. The minimum Gasteiger partial charge on any atom is -0.308 e. The fourth-order valence-electron chi connectivity index (χ4n) is 3.85. The monoisotopic (exact) mass is 356 g/mol. The highest BCUT2D eigenvalue weighted by molar-refractivity contribution is 8.00. The average Bonchev–Trinajstić information content (AvgIpc) is 3.04. The van der Waals surface area contributed by atoms with Crippen molar-refractivity contribution in [3.8, 4) is 0 Å². The molecule has 4 rings (SSSR count). The highest BCUT2D eigenvalue weighted by Crippen LogP contribution is 2.34. The van der Waals surface area contributed by atoms with Gasteiger partial charge in [-0.1, -0.05) is 36.4 Å². The summed E-state index contributed by atoms with van der Waals surface area (Å²) in [6.45, 7) is 5.08. The fourth-order valence-corrected chi connectivity index (χ4v) is 4.79. The zero-order chi connectivity index (χ0) is 17.4. The minimum absolute atomic E-state index is 0.161. The number of hydrogen-bond acceptors (Lipinski definition) is 4. The van der Waals surface area contributed by atoms with Crippen molar-refractivity contribution in [2.24, 2.45) is 0 Å². The maximum atomic E-state index is 13.1. The van der Waals surface area contributed by atoms with Gasteiger partial charge in [0.05, 0.1) is 5.25 Å². The molecule has 0 spiro atoms. The van der Waals surface area contributed by atoms with E-state index in [0.29, 0.717) is 0 Å². The van der Waals surface area contributed by atoms with Gasteiger partial charge in [0.2, 0.25) is 5.91 Å². The molecular formula is C19H24N4OS. The molecule has 3 heterocycles. The van der Waals surface area contributed by atoms with Crippen LogP contribution < -0.4 is 4.90 Å². The topological polar surface area (TPSA) is 51.0 Å². The van der Waals surface area contributed by atoms with Crippen molar-refractivity contribution >= 4 is 23.4 Å². The van der Waals surface area contributed by atoms with Crippen molar-refractivity contribution in [1.82, 2.24) is 14.8 Å². The predicted octanol–water partition coefficient (Wildman–Crippen LogP) is 3.46. The molecule has 1 aromatic heterocycles. The van der Waals surface area contributed by atoms with Gasteiger partial charge in [-0.2, -0.15) is 0 Å². The summed E-state index contributed by atoms with van der Waals surface area (Å²) in [6.07, 6.45) is 5.51. The molecule has 2 aliphatic heterocycles. The molecule has 2 unspecified atom stereocenters. The van der Waals surface area contributed by atoms with Crippen LogP contribution in [0.25, 0.3) is 0 Å². The van der Waals surface area contributed by atoms with E-state index in [2.05, 4.69) is 33.8 Å². The molecule has 1 aromatic carbocycles. The number of hydrogen-bond donors (Lipinski definition) is 0. The van der Waals surface area contributed by atoms with Crippen LogP contribution >= 0.6 is 11.8 Å². The van der Waals surface area contributed by atoms with E-state index in [1.165, 1.54) is 18.4 Å². The molecule has 0 fully saturated rings. The van der Waals surface area contributed by atoms with Gasteiger partial charge < -0.3 is 9.47 Å². The number of amides is 1. The summed E-state index contributed by atoms with van der Waals surface area (Å²) in [5, 5.41) is 9.41. The molecule has 0 radical (unpaired) electrons. The van der Waals surface area contributed by atoms with Crippen LogP contribution in [0.15, 0.2) is 29.4 Å². The summed E-state index contributed by atoms with van der Waals surface area (Å²) in [5.74, 6) is 1.23. The van der Waals surface area contributed by atoms with Crippen molar-refractivity contribution in [3.05, 3.63) is 35.7 Å². The third-order valence-electron chi connectivity index (χ3n) is 5.15. The van der Waals surface area contributed by atoms with Crippen molar-refractivity contribution in [2.45, 2.75) is 68.9 Å². The fraction of sp³-hybridized carbons (Fsp3) is 0.526. The summed E-state index contributed by atoms with van der Waals surface area (Å²) in [6, 6.07) is 8.44. The van der Waals surface area contributed by atoms with Gasteiger partial charge in [-0.15, -0.1) is 10.2 Å². The SMILES string of the molecule is CC(Sc1nnc2n1CCCCC2)C(=O)N1c2ccccc2CC1C. The largest absolute Gasteiger partial charge is 0.308 e. The smallest absolute Gasteiger partial charge is 0.240 e. The number of carbonyl (C=O) groups excluding carboxylic acids is 1. The Balaban J connectivity index is 1.53. The Labute approximate surface area is 152 Å². The molecule has 0 bridgehead atoms. The Hall–Kier alpha value is -1.82. The van der Waals surface area contributed by atoms with Gasteiger partial charge in [0.1, 0.15) is 5.82 Å². The highest BCUT2D eigenvalue weighted by atomic mass is 32.2. The van der Waals surface area contributed by atoms with Crippen LogP contribution in [0.1, 0.15) is 44.5 Å². The normalized spacial score (nSPS) is 20.7. The number of anilines is 1. The van der Waals surface area contributed by atoms with Gasteiger partial charge >= 0.3 is 0 Å². The Morgan fingerprint density at radius 1 is 1.24 bits per heavy atom. The predicted molar refractivity (Wildman–Crippen MR) is 100.0 cm³/mol. The summed E-state index contributed by atoms with van der Waals surface area (Å²) >= 11 is 1.54. The number of fused-ring (bicyclic) bond motifs is 2. The van der Waals surface area contributed by atoms with Gasteiger partial charge in [0.15, 0.2) is 5.16 Å². The second kappa shape index (κ2) is 6.83. The Morgan fingerprint density at radius 2 is 2.08 bits per heavy atom. The minimum atomic E-state index is -0.176. The van der Waals surface area contributed by atoms with Gasteiger partial charge in [0.25, 0.3) is 0 Å². The maximum Gasteiger partial charge on any atom is 0.240 e. The van der Waals surface area contributed by atoms with Crippen LogP contribution in [0.4, 0.5) is 5.69 Å². The summed E-state index contributed by atoms with van der Waals surface area (Å²) in [5.41, 5.74) is 2.32.